The second kappa shape index (κ2) is 18.9. The molecule has 2 N–H and O–H groups in total. The Bertz CT molecular complexity index is 393. The summed E-state index contributed by atoms with van der Waals surface area (Å²) in [4.78, 5) is 16.7. The molecule has 178 valence electrons. The highest BCUT2D eigenvalue weighted by atomic mass is 16.3. The largest absolute Gasteiger partial charge is 0.376 e. The van der Waals surface area contributed by atoms with Gasteiger partial charge < -0.3 is 10.2 Å². The summed E-state index contributed by atoms with van der Waals surface area (Å²) in [5.41, 5.74) is 0. The number of carbonyl (C=O) groups excluding carboxylic acids is 1. The van der Waals surface area contributed by atoms with Crippen LogP contribution in [0.15, 0.2) is 0 Å². The molecule has 6 heteroatoms. The van der Waals surface area contributed by atoms with Crippen LogP contribution < -0.4 is 0 Å². The van der Waals surface area contributed by atoms with Crippen LogP contribution in [0, 0.1) is 0 Å². The maximum absolute atomic E-state index is 11.9. The molecule has 0 aliphatic carbocycles. The molecule has 1 aliphatic heterocycles. The zero-order chi connectivity index (χ0) is 21.9. The van der Waals surface area contributed by atoms with Crippen molar-refractivity contribution in [2.75, 3.05) is 33.3 Å². The Kier molecular flexibility index (Phi) is 17.1. The van der Waals surface area contributed by atoms with Gasteiger partial charge in [0, 0.05) is 6.54 Å². The van der Waals surface area contributed by atoms with Gasteiger partial charge in [0.25, 0.3) is 0 Å². The summed E-state index contributed by atoms with van der Waals surface area (Å²) in [5.74, 6) is 0. The quantitative estimate of drug-likeness (QED) is 0.252. The van der Waals surface area contributed by atoms with Crippen LogP contribution in [0.4, 0.5) is 4.79 Å². The van der Waals surface area contributed by atoms with Crippen LogP contribution in [0.25, 0.3) is 0 Å². The van der Waals surface area contributed by atoms with Gasteiger partial charge in [0.05, 0.1) is 13.3 Å². The number of unbranched alkanes of at least 4 members (excludes halogenated alkanes) is 16. The minimum absolute atomic E-state index is 0.293. The second-order valence-electron chi connectivity index (χ2n) is 8.98. The monoisotopic (exact) mass is 427 g/mol. The van der Waals surface area contributed by atoms with Crippen molar-refractivity contribution in [3.05, 3.63) is 0 Å². The zero-order valence-electron chi connectivity index (χ0n) is 19.7. The number of nitrogens with zero attached hydrogens (tertiary/aromatic N) is 3. The fraction of sp³-hybridized carbons (Fsp3) is 0.958. The first kappa shape index (κ1) is 27.2. The van der Waals surface area contributed by atoms with Crippen LogP contribution in [-0.2, 0) is 0 Å². The summed E-state index contributed by atoms with van der Waals surface area (Å²) in [6.07, 6.45) is 23.2. The van der Waals surface area contributed by atoms with E-state index in [9.17, 15) is 15.0 Å². The van der Waals surface area contributed by atoms with Gasteiger partial charge in [-0.15, -0.1) is 0 Å². The first-order valence-electron chi connectivity index (χ1n) is 12.7. The van der Waals surface area contributed by atoms with E-state index in [-0.39, 0.29) is 19.5 Å². The molecule has 6 nitrogen and oxygen atoms in total. The van der Waals surface area contributed by atoms with Gasteiger partial charge in [-0.25, -0.2) is 4.79 Å². The first-order valence-corrected chi connectivity index (χ1v) is 12.7. The van der Waals surface area contributed by atoms with E-state index in [4.69, 9.17) is 0 Å². The smallest absolute Gasteiger partial charge is 0.325 e. The Morgan fingerprint density at radius 2 is 0.933 bits per heavy atom. The molecular weight excluding hydrogens is 378 g/mol. The molecule has 1 rings (SSSR count). The maximum Gasteiger partial charge on any atom is 0.325 e. The van der Waals surface area contributed by atoms with Crippen LogP contribution in [-0.4, -0.2) is 64.3 Å². The molecule has 0 spiro atoms. The molecular formula is C24H49N3O3. The predicted octanol–water partition coefficient (Wildman–Crippen LogP) is 5.49. The van der Waals surface area contributed by atoms with Gasteiger partial charge in [-0.05, 0) is 6.42 Å². The van der Waals surface area contributed by atoms with Crippen molar-refractivity contribution in [1.29, 1.82) is 0 Å². The number of aliphatic hydroxyl groups excluding tert-OH is 2. The van der Waals surface area contributed by atoms with Gasteiger partial charge in [-0.2, -0.15) is 0 Å². The summed E-state index contributed by atoms with van der Waals surface area (Å²) in [6.45, 7) is 3.48. The molecule has 1 saturated heterocycles. The standard InChI is InChI=1S/C24H49N3O3/c1-2-3-4-5-6-7-8-9-10-11-12-13-14-15-16-17-18-19-25-20-26(22-28)24(30)27(21-25)23-29/h28-29H,2-23H2,1H3. The Labute approximate surface area is 185 Å². The lowest BCUT2D eigenvalue weighted by Gasteiger charge is -2.40. The van der Waals surface area contributed by atoms with Crippen LogP contribution >= 0.6 is 0 Å². The van der Waals surface area contributed by atoms with Crippen LogP contribution in [0.2, 0.25) is 0 Å². The molecule has 0 saturated carbocycles. The molecule has 0 aromatic heterocycles. The number of urea groups is 1. The van der Waals surface area contributed by atoms with E-state index < -0.39 is 0 Å². The lowest BCUT2D eigenvalue weighted by atomic mass is 10.0. The molecule has 1 heterocycles. The molecule has 0 unspecified atom stereocenters. The number of amides is 2. The molecule has 0 radical (unpaired) electrons. The summed E-state index contributed by atoms with van der Waals surface area (Å²) < 4.78 is 0. The van der Waals surface area contributed by atoms with E-state index in [1.807, 2.05) is 0 Å². The van der Waals surface area contributed by atoms with Crippen molar-refractivity contribution in [1.82, 2.24) is 14.7 Å². The third-order valence-electron chi connectivity index (χ3n) is 6.20. The summed E-state index contributed by atoms with van der Waals surface area (Å²) in [5, 5.41) is 18.6. The van der Waals surface area contributed by atoms with Crippen LogP contribution in [0.1, 0.15) is 116 Å². The Morgan fingerprint density at radius 3 is 1.27 bits per heavy atom. The number of hydrogen-bond donors (Lipinski definition) is 2. The average Bonchev–Trinajstić information content (AvgIpc) is 2.76. The molecule has 30 heavy (non-hydrogen) atoms. The molecule has 1 fully saturated rings. The summed E-state index contributed by atoms with van der Waals surface area (Å²) >= 11 is 0. The fourth-order valence-corrected chi connectivity index (χ4v) is 4.26. The molecule has 1 aliphatic rings. The normalized spacial score (nSPS) is 15.4. The molecule has 0 aromatic carbocycles. The van der Waals surface area contributed by atoms with E-state index >= 15 is 0 Å². The molecule has 0 atom stereocenters. The first-order chi connectivity index (χ1) is 14.7. The van der Waals surface area contributed by atoms with Crippen LogP contribution in [0.5, 0.6) is 0 Å². The van der Waals surface area contributed by atoms with Crippen molar-refractivity contribution in [2.24, 2.45) is 0 Å². The topological polar surface area (TPSA) is 67.2 Å². The van der Waals surface area contributed by atoms with E-state index in [2.05, 4.69) is 11.8 Å². The highest BCUT2D eigenvalue weighted by Gasteiger charge is 2.28. The summed E-state index contributed by atoms with van der Waals surface area (Å²) in [7, 11) is 0. The second-order valence-corrected chi connectivity index (χ2v) is 8.98. The fourth-order valence-electron chi connectivity index (χ4n) is 4.26. The van der Waals surface area contributed by atoms with Crippen molar-refractivity contribution in [3.8, 4) is 0 Å². The number of carbonyl (C=O) groups is 1. The van der Waals surface area contributed by atoms with Gasteiger partial charge >= 0.3 is 6.03 Å². The van der Waals surface area contributed by atoms with Gasteiger partial charge in [-0.3, -0.25) is 14.7 Å². The Morgan fingerprint density at radius 1 is 0.600 bits per heavy atom. The maximum atomic E-state index is 11.9. The lowest BCUT2D eigenvalue weighted by molar-refractivity contribution is -0.0265. The predicted molar refractivity (Wildman–Crippen MR) is 124 cm³/mol. The third kappa shape index (κ3) is 12.8. The molecule has 0 aromatic rings. The van der Waals surface area contributed by atoms with Crippen molar-refractivity contribution < 1.29 is 15.0 Å². The molecule has 2 amide bonds. The van der Waals surface area contributed by atoms with Gasteiger partial charge in [-0.1, -0.05) is 110 Å². The number of aliphatic hydroxyl groups is 2. The van der Waals surface area contributed by atoms with Crippen molar-refractivity contribution in [3.63, 3.8) is 0 Å². The summed E-state index contributed by atoms with van der Waals surface area (Å²) in [6, 6.07) is -0.293. The lowest BCUT2D eigenvalue weighted by Crippen LogP contribution is -2.58. The third-order valence-corrected chi connectivity index (χ3v) is 6.20. The van der Waals surface area contributed by atoms with Gasteiger partial charge in [0.15, 0.2) is 0 Å². The van der Waals surface area contributed by atoms with Crippen molar-refractivity contribution >= 4 is 6.03 Å². The highest BCUT2D eigenvalue weighted by Crippen LogP contribution is 2.15. The van der Waals surface area contributed by atoms with Crippen molar-refractivity contribution in [2.45, 2.75) is 116 Å². The van der Waals surface area contributed by atoms with E-state index in [1.165, 1.54) is 113 Å². The highest BCUT2D eigenvalue weighted by molar-refractivity contribution is 5.74. The van der Waals surface area contributed by atoms with Gasteiger partial charge in [0.1, 0.15) is 13.5 Å². The number of hydrogen-bond acceptors (Lipinski definition) is 4. The Hall–Kier alpha value is -0.850. The SMILES string of the molecule is CCCCCCCCCCCCCCCCCCCN1CN(CO)C(=O)N(CO)C1. The molecule has 0 bridgehead atoms. The minimum atomic E-state index is -0.301. The van der Waals surface area contributed by atoms with E-state index in [0.29, 0.717) is 13.3 Å². The Balaban J connectivity index is 1.84. The van der Waals surface area contributed by atoms with E-state index in [0.717, 1.165) is 13.0 Å². The number of rotatable bonds is 20. The average molecular weight is 428 g/mol. The van der Waals surface area contributed by atoms with E-state index in [1.54, 1.807) is 0 Å². The minimum Gasteiger partial charge on any atom is -0.376 e. The van der Waals surface area contributed by atoms with Crippen LogP contribution in [0.3, 0.4) is 0 Å². The van der Waals surface area contributed by atoms with Gasteiger partial charge in [0.2, 0.25) is 0 Å². The zero-order valence-corrected chi connectivity index (χ0v) is 19.7.